The van der Waals surface area contributed by atoms with Crippen LogP contribution in [0.5, 0.6) is 0 Å². The van der Waals surface area contributed by atoms with Crippen LogP contribution in [0, 0.1) is 0 Å². The molecule has 3 N–H and O–H groups in total. The van der Waals surface area contributed by atoms with Gasteiger partial charge in [-0.1, -0.05) is 0 Å². The zero-order valence-corrected chi connectivity index (χ0v) is 7.24. The Labute approximate surface area is 76.2 Å². The molecule has 0 unspecified atom stereocenters. The fourth-order valence-electron chi connectivity index (χ4n) is 0.928. The van der Waals surface area contributed by atoms with E-state index in [9.17, 15) is 0 Å². The standard InChI is InChI=1S/C8H19NO3/c1-8(2,7-12)9(3-5-10)4-6-11/h10-12H,3-7H2,1-2H3/i1D,2D. The first kappa shape index (κ1) is 8.44. The Kier molecular flexibility index (Phi) is 3.85. The van der Waals surface area contributed by atoms with Gasteiger partial charge in [-0.05, 0) is 13.8 Å². The molecule has 4 nitrogen and oxygen atoms in total. The maximum Gasteiger partial charge on any atom is 0.0610 e. The van der Waals surface area contributed by atoms with E-state index < -0.39 is 5.54 Å². The number of aliphatic hydroxyl groups excluding tert-OH is 3. The van der Waals surface area contributed by atoms with E-state index in [4.69, 9.17) is 18.1 Å². The van der Waals surface area contributed by atoms with Crippen molar-refractivity contribution in [1.82, 2.24) is 4.90 Å². The van der Waals surface area contributed by atoms with E-state index in [1.54, 1.807) is 4.90 Å². The monoisotopic (exact) mass is 179 g/mol. The predicted molar refractivity (Wildman–Crippen MR) is 46.9 cm³/mol. The summed E-state index contributed by atoms with van der Waals surface area (Å²) < 4.78 is 14.6. The van der Waals surface area contributed by atoms with E-state index in [2.05, 4.69) is 0 Å². The molecule has 0 bridgehead atoms. The van der Waals surface area contributed by atoms with Crippen LogP contribution in [0.15, 0.2) is 0 Å². The number of aliphatic hydroxyl groups is 3. The molecule has 0 aromatic carbocycles. The van der Waals surface area contributed by atoms with E-state index in [1.807, 2.05) is 0 Å². The van der Waals surface area contributed by atoms with Crippen LogP contribution in [0.25, 0.3) is 0 Å². The highest BCUT2D eigenvalue weighted by atomic mass is 16.3. The highest BCUT2D eigenvalue weighted by Crippen LogP contribution is 2.11. The summed E-state index contributed by atoms with van der Waals surface area (Å²) in [6.45, 7) is -0.235. The average molecular weight is 179 g/mol. The Balaban J connectivity index is 4.52. The van der Waals surface area contributed by atoms with Gasteiger partial charge in [0.2, 0.25) is 0 Å². The molecule has 0 heterocycles. The van der Waals surface area contributed by atoms with Crippen molar-refractivity contribution in [3.8, 4) is 0 Å². The molecule has 0 atom stereocenters. The van der Waals surface area contributed by atoms with Gasteiger partial charge in [0.25, 0.3) is 0 Å². The summed E-state index contributed by atoms with van der Waals surface area (Å²) in [4.78, 5) is 1.59. The minimum absolute atomic E-state index is 0.109. The second-order valence-corrected chi connectivity index (χ2v) is 2.82. The van der Waals surface area contributed by atoms with Gasteiger partial charge in [-0.15, -0.1) is 0 Å². The first-order valence-electron chi connectivity index (χ1n) is 5.28. The average Bonchev–Trinajstić information content (AvgIpc) is 2.22. The molecule has 0 aromatic rings. The Morgan fingerprint density at radius 2 is 1.67 bits per heavy atom. The summed E-state index contributed by atoms with van der Waals surface area (Å²) in [5.41, 5.74) is -0.953. The Morgan fingerprint density at radius 1 is 1.17 bits per heavy atom. The molecule has 4 heteroatoms. The maximum absolute atomic E-state index is 9.16. The van der Waals surface area contributed by atoms with Crippen LogP contribution in [-0.4, -0.2) is 58.7 Å². The smallest absolute Gasteiger partial charge is 0.0610 e. The first-order valence-corrected chi connectivity index (χ1v) is 3.87. The lowest BCUT2D eigenvalue weighted by molar-refractivity contribution is 0.0314. The quantitative estimate of drug-likeness (QED) is 0.491. The number of β-amino-alcohol motifs (C(OH)–C–C–N with tert-alkyl or cyclic N) is 2. The largest absolute Gasteiger partial charge is 0.395 e. The SMILES string of the molecule is [2H]CC(C[2H])(CO)N(CCO)CCO. The molecule has 74 valence electrons. The highest BCUT2D eigenvalue weighted by Gasteiger charge is 2.24. The zero-order chi connectivity index (χ0) is 11.0. The fourth-order valence-corrected chi connectivity index (χ4v) is 0.928. The molecule has 12 heavy (non-hydrogen) atoms. The molecule has 0 rings (SSSR count). The van der Waals surface area contributed by atoms with Gasteiger partial charge >= 0.3 is 0 Å². The van der Waals surface area contributed by atoms with E-state index in [0.717, 1.165) is 0 Å². The molecule has 0 aliphatic heterocycles. The van der Waals surface area contributed by atoms with Crippen LogP contribution < -0.4 is 0 Å². The normalized spacial score (nSPS) is 14.7. The molecule has 0 aliphatic carbocycles. The third-order valence-electron chi connectivity index (χ3n) is 1.70. The summed E-state index contributed by atoms with van der Waals surface area (Å²) in [6.07, 6.45) is 0. The Hall–Kier alpha value is -0.160. The number of hydrogen-bond acceptors (Lipinski definition) is 4. The second-order valence-electron chi connectivity index (χ2n) is 2.82. The molecule has 0 fully saturated rings. The van der Waals surface area contributed by atoms with E-state index in [0.29, 0.717) is 0 Å². The number of nitrogens with zero attached hydrogens (tertiary/aromatic N) is 1. The van der Waals surface area contributed by atoms with Crippen molar-refractivity contribution in [3.63, 3.8) is 0 Å². The van der Waals surface area contributed by atoms with E-state index >= 15 is 0 Å². The topological polar surface area (TPSA) is 63.9 Å². The summed E-state index contributed by atoms with van der Waals surface area (Å²) in [6, 6.07) is 0. The molecular formula is C8H19NO3. The van der Waals surface area contributed by atoms with Crippen molar-refractivity contribution < 1.29 is 18.1 Å². The second kappa shape index (κ2) is 5.48. The van der Waals surface area contributed by atoms with Crippen molar-refractivity contribution >= 4 is 0 Å². The summed E-state index contributed by atoms with van der Waals surface area (Å²) in [5.74, 6) is 0. The van der Waals surface area contributed by atoms with Gasteiger partial charge in [-0.25, -0.2) is 0 Å². The van der Waals surface area contributed by atoms with Gasteiger partial charge in [0.05, 0.1) is 19.8 Å². The summed E-state index contributed by atoms with van der Waals surface area (Å²) >= 11 is 0. The van der Waals surface area contributed by atoms with Gasteiger partial charge in [0.15, 0.2) is 0 Å². The van der Waals surface area contributed by atoms with Gasteiger partial charge < -0.3 is 15.3 Å². The van der Waals surface area contributed by atoms with E-state index in [-0.39, 0.29) is 46.7 Å². The Bertz CT molecular complexity index is 130. The van der Waals surface area contributed by atoms with Crippen LogP contribution in [0.4, 0.5) is 0 Å². The van der Waals surface area contributed by atoms with Crippen LogP contribution in [0.1, 0.15) is 16.5 Å². The van der Waals surface area contributed by atoms with Gasteiger partial charge in [0.1, 0.15) is 0 Å². The third-order valence-corrected chi connectivity index (χ3v) is 1.70. The first-order chi connectivity index (χ1) is 6.70. The lowest BCUT2D eigenvalue weighted by atomic mass is 10.0. The van der Waals surface area contributed by atoms with Crippen molar-refractivity contribution in [2.24, 2.45) is 0 Å². The lowest BCUT2D eigenvalue weighted by Crippen LogP contribution is -2.49. The molecule has 0 saturated carbocycles. The third kappa shape index (κ3) is 3.49. The highest BCUT2D eigenvalue weighted by molar-refractivity contribution is 4.80. The zero-order valence-electron chi connectivity index (χ0n) is 9.24. The molecule has 0 spiro atoms. The van der Waals surface area contributed by atoms with Crippen LogP contribution in [0.3, 0.4) is 0 Å². The lowest BCUT2D eigenvalue weighted by Gasteiger charge is -2.36. The van der Waals surface area contributed by atoms with E-state index in [1.165, 1.54) is 0 Å². The van der Waals surface area contributed by atoms with Crippen LogP contribution >= 0.6 is 0 Å². The minimum atomic E-state index is -0.953. The molecule has 0 radical (unpaired) electrons. The molecule has 0 saturated heterocycles. The minimum Gasteiger partial charge on any atom is -0.395 e. The predicted octanol–water partition coefficient (Wildman–Crippen LogP) is -0.956. The fraction of sp³-hybridized carbons (Fsp3) is 1.00. The Morgan fingerprint density at radius 3 is 1.92 bits per heavy atom. The summed E-state index contributed by atoms with van der Waals surface area (Å²) in [7, 11) is 0. The molecule has 0 aromatic heterocycles. The van der Waals surface area contributed by atoms with Crippen molar-refractivity contribution in [3.05, 3.63) is 0 Å². The van der Waals surface area contributed by atoms with Crippen LogP contribution in [-0.2, 0) is 0 Å². The number of hydrogen-bond donors (Lipinski definition) is 3. The van der Waals surface area contributed by atoms with Gasteiger partial charge in [-0.3, -0.25) is 4.90 Å². The number of rotatable bonds is 6. The van der Waals surface area contributed by atoms with Crippen molar-refractivity contribution in [2.45, 2.75) is 19.3 Å². The van der Waals surface area contributed by atoms with Crippen molar-refractivity contribution in [2.75, 3.05) is 32.9 Å². The van der Waals surface area contributed by atoms with Gasteiger partial charge in [0, 0.05) is 21.4 Å². The van der Waals surface area contributed by atoms with Crippen LogP contribution in [0.2, 0.25) is 0 Å². The summed E-state index contributed by atoms with van der Waals surface area (Å²) in [5, 5.41) is 26.7. The molecule has 0 amide bonds. The maximum atomic E-state index is 9.16. The molecule has 0 aliphatic rings. The van der Waals surface area contributed by atoms with Gasteiger partial charge in [-0.2, -0.15) is 0 Å². The molecular weight excluding hydrogens is 158 g/mol. The van der Waals surface area contributed by atoms with Crippen molar-refractivity contribution in [1.29, 1.82) is 0 Å².